The molecule has 0 atom stereocenters. The molecule has 34 heavy (non-hydrogen) atoms. The number of anilines is 1. The Morgan fingerprint density at radius 2 is 1.68 bits per heavy atom. The molecule has 0 amide bonds. The number of aromatic nitrogens is 1. The van der Waals surface area contributed by atoms with Gasteiger partial charge in [-0.05, 0) is 37.4 Å². The van der Waals surface area contributed by atoms with Crippen molar-refractivity contribution in [3.8, 4) is 5.75 Å². The van der Waals surface area contributed by atoms with Gasteiger partial charge < -0.3 is 14.5 Å². The van der Waals surface area contributed by atoms with Gasteiger partial charge in [0.2, 0.25) is 0 Å². The molecule has 12 heteroatoms. The molecule has 0 aliphatic carbocycles. The number of nitrogens with zero attached hydrogens (tertiary/aromatic N) is 3. The average molecular weight is 503 g/mol. The summed E-state index contributed by atoms with van der Waals surface area (Å²) in [5.41, 5.74) is -1.77. The Balaban J connectivity index is 1.87. The maximum atomic E-state index is 13.6. The molecule has 3 aromatic rings. The summed E-state index contributed by atoms with van der Waals surface area (Å²) in [6, 6.07) is 6.15. The third-order valence-corrected chi connectivity index (χ3v) is 7.59. The van der Waals surface area contributed by atoms with Gasteiger partial charge in [-0.3, -0.25) is 0 Å². The van der Waals surface area contributed by atoms with Crippen molar-refractivity contribution in [3.05, 3.63) is 53.7 Å². The second kappa shape index (κ2) is 8.73. The number of benzene rings is 2. The van der Waals surface area contributed by atoms with E-state index in [-0.39, 0.29) is 10.3 Å². The fourth-order valence-electron chi connectivity index (χ4n) is 4.01. The first kappa shape index (κ1) is 24.3. The van der Waals surface area contributed by atoms with Crippen LogP contribution in [0.3, 0.4) is 0 Å². The number of likely N-dealkylation sites (N-methyl/N-ethyl adjacent to an activating group) is 1. The van der Waals surface area contributed by atoms with E-state index in [9.17, 15) is 30.4 Å². The smallest absolute Gasteiger partial charge is 0.416 e. The number of methoxy groups -OCH3 is 1. The quantitative estimate of drug-likeness (QED) is 0.477. The molecule has 1 aliphatic rings. The van der Waals surface area contributed by atoms with Gasteiger partial charge in [0, 0.05) is 43.3 Å². The highest BCUT2D eigenvalue weighted by atomic mass is 32.2. The molecule has 0 radical (unpaired) electrons. The highest BCUT2D eigenvalue weighted by Gasteiger charge is 2.33. The van der Waals surface area contributed by atoms with Crippen molar-refractivity contribution in [1.29, 1.82) is 0 Å². The lowest BCUT2D eigenvalue weighted by molar-refractivity contribution is -0.137. The summed E-state index contributed by atoms with van der Waals surface area (Å²) in [5.74, 6) is 0.425. The van der Waals surface area contributed by atoms with Crippen molar-refractivity contribution in [2.45, 2.75) is 17.5 Å². The second-order valence-electron chi connectivity index (χ2n) is 8.04. The summed E-state index contributed by atoms with van der Waals surface area (Å²) in [6.45, 7) is 2.68. The predicted octanol–water partition coefficient (Wildman–Crippen LogP) is 4.60. The first-order valence-electron chi connectivity index (χ1n) is 10.3. The summed E-state index contributed by atoms with van der Waals surface area (Å²) in [4.78, 5) is 3.80. The number of piperazine rings is 1. The predicted molar refractivity (Wildman–Crippen MR) is 117 cm³/mol. The SMILES string of the molecule is COc1ccc(S(=O)(=O)n2cc(C(F)F)c3ccc(C(F)(F)F)cc32)cc1N1CCN(C)CC1. The first-order chi connectivity index (χ1) is 15.9. The molecule has 1 fully saturated rings. The van der Waals surface area contributed by atoms with Gasteiger partial charge in [-0.1, -0.05) is 6.07 Å². The maximum Gasteiger partial charge on any atom is 0.416 e. The van der Waals surface area contributed by atoms with Crippen molar-refractivity contribution in [1.82, 2.24) is 8.87 Å². The molecule has 4 rings (SSSR count). The molecule has 1 aliphatic heterocycles. The zero-order chi connectivity index (χ0) is 24.8. The zero-order valence-corrected chi connectivity index (χ0v) is 19.1. The summed E-state index contributed by atoms with van der Waals surface area (Å²) in [7, 11) is -1.11. The number of alkyl halides is 5. The Kier molecular flexibility index (Phi) is 6.23. The number of rotatable bonds is 5. The van der Waals surface area contributed by atoms with Gasteiger partial charge in [0.15, 0.2) is 0 Å². The number of hydrogen-bond donors (Lipinski definition) is 0. The Bertz CT molecular complexity index is 1310. The molecule has 0 saturated carbocycles. The van der Waals surface area contributed by atoms with Crippen LogP contribution in [-0.4, -0.2) is 57.6 Å². The van der Waals surface area contributed by atoms with Crippen molar-refractivity contribution in [2.75, 3.05) is 45.2 Å². The van der Waals surface area contributed by atoms with E-state index < -0.39 is 39.3 Å². The van der Waals surface area contributed by atoms with E-state index in [1.165, 1.54) is 25.3 Å². The highest BCUT2D eigenvalue weighted by molar-refractivity contribution is 7.90. The largest absolute Gasteiger partial charge is 0.495 e. The third kappa shape index (κ3) is 4.31. The van der Waals surface area contributed by atoms with E-state index >= 15 is 0 Å². The number of fused-ring (bicyclic) bond motifs is 1. The van der Waals surface area contributed by atoms with Crippen LogP contribution in [0.15, 0.2) is 47.5 Å². The van der Waals surface area contributed by atoms with Gasteiger partial charge in [-0.2, -0.15) is 13.2 Å². The lowest BCUT2D eigenvalue weighted by Crippen LogP contribution is -2.44. The van der Waals surface area contributed by atoms with Crippen LogP contribution in [0.5, 0.6) is 5.75 Å². The molecule has 2 heterocycles. The van der Waals surface area contributed by atoms with Crippen molar-refractivity contribution >= 4 is 26.6 Å². The van der Waals surface area contributed by atoms with Crippen LogP contribution >= 0.6 is 0 Å². The molecule has 1 saturated heterocycles. The highest BCUT2D eigenvalue weighted by Crippen LogP contribution is 2.38. The Morgan fingerprint density at radius 3 is 2.26 bits per heavy atom. The molecule has 184 valence electrons. The van der Waals surface area contributed by atoms with E-state index in [0.717, 1.165) is 19.2 Å². The van der Waals surface area contributed by atoms with Gasteiger partial charge in [0.1, 0.15) is 5.75 Å². The van der Waals surface area contributed by atoms with Crippen molar-refractivity contribution < 1.29 is 35.1 Å². The Labute approximate surface area is 193 Å². The van der Waals surface area contributed by atoms with Gasteiger partial charge >= 0.3 is 6.18 Å². The van der Waals surface area contributed by atoms with Crippen LogP contribution in [0.1, 0.15) is 17.6 Å². The summed E-state index contributed by atoms with van der Waals surface area (Å²) < 4.78 is 99.9. The van der Waals surface area contributed by atoms with Crippen molar-refractivity contribution in [2.24, 2.45) is 0 Å². The zero-order valence-electron chi connectivity index (χ0n) is 18.3. The average Bonchev–Trinajstić information content (AvgIpc) is 3.19. The molecule has 6 nitrogen and oxygen atoms in total. The van der Waals surface area contributed by atoms with E-state index in [4.69, 9.17) is 4.74 Å². The van der Waals surface area contributed by atoms with E-state index in [2.05, 4.69) is 4.90 Å². The molecular formula is C22H22F5N3O3S. The standard InChI is InChI=1S/C22H22F5N3O3S/c1-28-7-9-29(10-8-28)19-12-15(4-6-20(19)33-2)34(31,32)30-13-17(21(23)24)16-5-3-14(11-18(16)30)22(25,26)27/h3-6,11-13,21H,7-10H2,1-2H3. The Hall–Kier alpha value is -2.86. The fourth-order valence-corrected chi connectivity index (χ4v) is 5.40. The number of hydrogen-bond acceptors (Lipinski definition) is 5. The lowest BCUT2D eigenvalue weighted by atomic mass is 10.1. The topological polar surface area (TPSA) is 54.8 Å². The van der Waals surface area contributed by atoms with Gasteiger partial charge in [0.25, 0.3) is 16.4 Å². The van der Waals surface area contributed by atoms with Crippen LogP contribution in [0, 0.1) is 0 Å². The van der Waals surface area contributed by atoms with Crippen LogP contribution < -0.4 is 9.64 Å². The first-order valence-corrected chi connectivity index (χ1v) is 11.7. The molecule has 0 N–H and O–H groups in total. The molecule has 1 aromatic heterocycles. The van der Waals surface area contributed by atoms with Gasteiger partial charge in [-0.25, -0.2) is 21.2 Å². The normalized spacial score (nSPS) is 15.9. The van der Waals surface area contributed by atoms with Crippen LogP contribution in [0.4, 0.5) is 27.6 Å². The molecule has 2 aromatic carbocycles. The van der Waals surface area contributed by atoms with Crippen molar-refractivity contribution in [3.63, 3.8) is 0 Å². The minimum Gasteiger partial charge on any atom is -0.495 e. The van der Waals surface area contributed by atoms with Crippen LogP contribution in [0.2, 0.25) is 0 Å². The lowest BCUT2D eigenvalue weighted by Gasteiger charge is -2.34. The molecular weight excluding hydrogens is 481 g/mol. The molecule has 0 bridgehead atoms. The fraction of sp³-hybridized carbons (Fsp3) is 0.364. The third-order valence-electron chi connectivity index (χ3n) is 5.92. The minimum absolute atomic E-state index is 0.252. The van der Waals surface area contributed by atoms with E-state index in [1.807, 2.05) is 11.9 Å². The molecule has 0 spiro atoms. The number of halogens is 5. The Morgan fingerprint density at radius 1 is 1.00 bits per heavy atom. The molecule has 0 unspecified atom stereocenters. The van der Waals surface area contributed by atoms with E-state index in [0.29, 0.717) is 46.8 Å². The van der Waals surface area contributed by atoms with Gasteiger partial charge in [-0.15, -0.1) is 0 Å². The van der Waals surface area contributed by atoms with Crippen LogP contribution in [-0.2, 0) is 16.2 Å². The monoisotopic (exact) mass is 503 g/mol. The summed E-state index contributed by atoms with van der Waals surface area (Å²) in [6.07, 6.45) is -7.16. The number of ether oxygens (including phenoxy) is 1. The summed E-state index contributed by atoms with van der Waals surface area (Å²) in [5, 5.41) is -0.264. The second-order valence-corrected chi connectivity index (χ2v) is 9.85. The minimum atomic E-state index is -4.77. The maximum absolute atomic E-state index is 13.6. The summed E-state index contributed by atoms with van der Waals surface area (Å²) >= 11 is 0. The van der Waals surface area contributed by atoms with Crippen LogP contribution in [0.25, 0.3) is 10.9 Å². The van der Waals surface area contributed by atoms with E-state index in [1.54, 1.807) is 0 Å². The van der Waals surface area contributed by atoms with Gasteiger partial charge in [0.05, 0.1) is 28.8 Å².